The highest BCUT2D eigenvalue weighted by Gasteiger charge is 2.18. The smallest absolute Gasteiger partial charge is 0.343 e. The van der Waals surface area contributed by atoms with Gasteiger partial charge in [-0.15, -0.1) is 0 Å². The molecule has 0 amide bonds. The molecule has 26 heavy (non-hydrogen) atoms. The highest BCUT2D eigenvalue weighted by Crippen LogP contribution is 2.38. The standard InChI is InChI=1S/C20H25NO5/c1-21(2)11-10-14-6-8-16(9-7-14)26-20(22)15-12-17(23-3)19(25-5)18(13-15)24-4/h6-9,12-13H,10-11H2,1-5H3. The van der Waals surface area contributed by atoms with E-state index in [4.69, 9.17) is 18.9 Å². The summed E-state index contributed by atoms with van der Waals surface area (Å²) in [5, 5.41) is 0. The Morgan fingerprint density at radius 1 is 0.923 bits per heavy atom. The maximum atomic E-state index is 12.5. The van der Waals surface area contributed by atoms with E-state index in [1.807, 2.05) is 26.2 Å². The SMILES string of the molecule is COc1cc(C(=O)Oc2ccc(CCN(C)C)cc2)cc(OC)c1OC. The van der Waals surface area contributed by atoms with Crippen molar-refractivity contribution < 1.29 is 23.7 Å². The van der Waals surface area contributed by atoms with Crippen LogP contribution in [0.25, 0.3) is 0 Å². The Labute approximate surface area is 154 Å². The van der Waals surface area contributed by atoms with Gasteiger partial charge in [0.15, 0.2) is 11.5 Å². The summed E-state index contributed by atoms with van der Waals surface area (Å²) >= 11 is 0. The minimum atomic E-state index is -0.495. The van der Waals surface area contributed by atoms with Crippen LogP contribution in [0.1, 0.15) is 15.9 Å². The zero-order valence-corrected chi connectivity index (χ0v) is 15.9. The van der Waals surface area contributed by atoms with E-state index < -0.39 is 5.97 Å². The first-order valence-electron chi connectivity index (χ1n) is 8.24. The monoisotopic (exact) mass is 359 g/mol. The van der Waals surface area contributed by atoms with Crippen molar-refractivity contribution in [2.24, 2.45) is 0 Å². The van der Waals surface area contributed by atoms with Crippen LogP contribution in [0.15, 0.2) is 36.4 Å². The van der Waals surface area contributed by atoms with Crippen molar-refractivity contribution in [1.29, 1.82) is 0 Å². The van der Waals surface area contributed by atoms with E-state index in [0.717, 1.165) is 13.0 Å². The van der Waals surface area contributed by atoms with Crippen molar-refractivity contribution in [3.63, 3.8) is 0 Å². The second-order valence-corrected chi connectivity index (χ2v) is 6.00. The van der Waals surface area contributed by atoms with Gasteiger partial charge in [-0.05, 0) is 50.3 Å². The van der Waals surface area contributed by atoms with Gasteiger partial charge in [-0.3, -0.25) is 0 Å². The Kier molecular flexibility index (Phi) is 6.86. The van der Waals surface area contributed by atoms with Gasteiger partial charge in [0.2, 0.25) is 5.75 Å². The molecule has 0 fully saturated rings. The average molecular weight is 359 g/mol. The number of nitrogens with zero attached hydrogens (tertiary/aromatic N) is 1. The van der Waals surface area contributed by atoms with Crippen molar-refractivity contribution in [3.8, 4) is 23.0 Å². The van der Waals surface area contributed by atoms with Crippen molar-refractivity contribution in [1.82, 2.24) is 4.90 Å². The Bertz CT molecular complexity index is 715. The fourth-order valence-corrected chi connectivity index (χ4v) is 2.44. The van der Waals surface area contributed by atoms with Gasteiger partial charge in [0, 0.05) is 6.54 Å². The molecule has 0 saturated carbocycles. The number of rotatable bonds is 8. The molecule has 0 spiro atoms. The van der Waals surface area contributed by atoms with E-state index in [9.17, 15) is 4.79 Å². The molecule has 140 valence electrons. The van der Waals surface area contributed by atoms with E-state index >= 15 is 0 Å². The minimum Gasteiger partial charge on any atom is -0.493 e. The molecule has 0 aliphatic heterocycles. The van der Waals surface area contributed by atoms with E-state index in [-0.39, 0.29) is 0 Å². The summed E-state index contributed by atoms with van der Waals surface area (Å²) < 4.78 is 21.2. The fourth-order valence-electron chi connectivity index (χ4n) is 2.44. The highest BCUT2D eigenvalue weighted by molar-refractivity contribution is 5.92. The van der Waals surface area contributed by atoms with Gasteiger partial charge in [-0.25, -0.2) is 4.79 Å². The van der Waals surface area contributed by atoms with Gasteiger partial charge in [0.05, 0.1) is 26.9 Å². The lowest BCUT2D eigenvalue weighted by molar-refractivity contribution is 0.0734. The van der Waals surface area contributed by atoms with E-state index in [2.05, 4.69) is 4.90 Å². The average Bonchev–Trinajstić information content (AvgIpc) is 2.65. The number of carbonyl (C=O) groups excluding carboxylic acids is 1. The lowest BCUT2D eigenvalue weighted by Gasteiger charge is -2.14. The minimum absolute atomic E-state index is 0.316. The van der Waals surface area contributed by atoms with E-state index in [1.54, 1.807) is 24.3 Å². The molecule has 0 radical (unpaired) electrons. The number of hydrogen-bond donors (Lipinski definition) is 0. The summed E-state index contributed by atoms with van der Waals surface area (Å²) in [6.07, 6.45) is 0.939. The van der Waals surface area contributed by atoms with Crippen molar-refractivity contribution in [2.75, 3.05) is 42.0 Å². The van der Waals surface area contributed by atoms with Crippen molar-refractivity contribution in [2.45, 2.75) is 6.42 Å². The third kappa shape index (κ3) is 4.89. The molecule has 0 aromatic heterocycles. The fraction of sp³-hybridized carbons (Fsp3) is 0.350. The zero-order valence-electron chi connectivity index (χ0n) is 15.9. The van der Waals surface area contributed by atoms with Gasteiger partial charge in [-0.2, -0.15) is 0 Å². The number of likely N-dealkylation sites (N-methyl/N-ethyl adjacent to an activating group) is 1. The predicted molar refractivity (Wildman–Crippen MR) is 99.8 cm³/mol. The largest absolute Gasteiger partial charge is 0.493 e. The van der Waals surface area contributed by atoms with Crippen LogP contribution >= 0.6 is 0 Å². The topological polar surface area (TPSA) is 57.2 Å². The van der Waals surface area contributed by atoms with Crippen LogP contribution in [0.3, 0.4) is 0 Å². The summed E-state index contributed by atoms with van der Waals surface area (Å²) in [6.45, 7) is 0.963. The van der Waals surface area contributed by atoms with Crippen molar-refractivity contribution in [3.05, 3.63) is 47.5 Å². The van der Waals surface area contributed by atoms with Crippen LogP contribution in [0.2, 0.25) is 0 Å². The van der Waals surface area contributed by atoms with Gasteiger partial charge in [0.1, 0.15) is 5.75 Å². The van der Waals surface area contributed by atoms with Crippen LogP contribution in [-0.4, -0.2) is 52.8 Å². The Morgan fingerprint density at radius 3 is 1.96 bits per heavy atom. The molecule has 0 bridgehead atoms. The molecule has 2 aromatic rings. The number of ether oxygens (including phenoxy) is 4. The Morgan fingerprint density at radius 2 is 1.50 bits per heavy atom. The number of esters is 1. The molecule has 0 aliphatic carbocycles. The molecule has 0 saturated heterocycles. The number of benzene rings is 2. The second-order valence-electron chi connectivity index (χ2n) is 6.00. The van der Waals surface area contributed by atoms with Gasteiger partial charge < -0.3 is 23.8 Å². The summed E-state index contributed by atoms with van der Waals surface area (Å²) in [7, 11) is 8.58. The predicted octanol–water partition coefficient (Wildman–Crippen LogP) is 3.04. The first-order valence-corrected chi connectivity index (χ1v) is 8.24. The highest BCUT2D eigenvalue weighted by atomic mass is 16.5. The lowest BCUT2D eigenvalue weighted by Crippen LogP contribution is -2.15. The lowest BCUT2D eigenvalue weighted by atomic mass is 10.1. The second kappa shape index (κ2) is 9.10. The van der Waals surface area contributed by atoms with Crippen LogP contribution in [0, 0.1) is 0 Å². The normalized spacial score (nSPS) is 10.5. The molecule has 0 atom stereocenters. The summed E-state index contributed by atoms with van der Waals surface area (Å²) in [5.74, 6) is 1.22. The van der Waals surface area contributed by atoms with Crippen LogP contribution in [-0.2, 0) is 6.42 Å². The molecular formula is C20H25NO5. The van der Waals surface area contributed by atoms with Gasteiger partial charge in [-0.1, -0.05) is 12.1 Å². The maximum absolute atomic E-state index is 12.5. The van der Waals surface area contributed by atoms with E-state index in [0.29, 0.717) is 28.6 Å². The van der Waals surface area contributed by atoms with Crippen LogP contribution in [0.4, 0.5) is 0 Å². The molecule has 6 nitrogen and oxygen atoms in total. The number of carbonyl (C=O) groups is 1. The Hall–Kier alpha value is -2.73. The number of hydrogen-bond acceptors (Lipinski definition) is 6. The molecule has 0 unspecified atom stereocenters. The number of methoxy groups -OCH3 is 3. The van der Waals surface area contributed by atoms with Gasteiger partial charge in [0.25, 0.3) is 0 Å². The molecular weight excluding hydrogens is 334 g/mol. The Balaban J connectivity index is 2.14. The third-order valence-electron chi connectivity index (χ3n) is 3.88. The first-order chi connectivity index (χ1) is 12.5. The van der Waals surface area contributed by atoms with Crippen LogP contribution in [0.5, 0.6) is 23.0 Å². The molecule has 2 aromatic carbocycles. The zero-order chi connectivity index (χ0) is 19.1. The molecule has 2 rings (SSSR count). The molecule has 0 N–H and O–H groups in total. The molecule has 0 heterocycles. The summed E-state index contributed by atoms with van der Waals surface area (Å²) in [5.41, 5.74) is 1.50. The van der Waals surface area contributed by atoms with E-state index in [1.165, 1.54) is 26.9 Å². The first kappa shape index (κ1) is 19.6. The molecule has 0 aliphatic rings. The van der Waals surface area contributed by atoms with Crippen LogP contribution < -0.4 is 18.9 Å². The summed E-state index contributed by atoms with van der Waals surface area (Å²) in [6, 6.07) is 10.6. The summed E-state index contributed by atoms with van der Waals surface area (Å²) in [4.78, 5) is 14.6. The maximum Gasteiger partial charge on any atom is 0.343 e. The third-order valence-corrected chi connectivity index (χ3v) is 3.88. The van der Waals surface area contributed by atoms with Gasteiger partial charge >= 0.3 is 5.97 Å². The molecule has 6 heteroatoms. The quantitative estimate of drug-likeness (QED) is 0.533. The van der Waals surface area contributed by atoms with Crippen molar-refractivity contribution >= 4 is 5.97 Å².